The summed E-state index contributed by atoms with van der Waals surface area (Å²) in [7, 11) is 0. The van der Waals surface area contributed by atoms with Crippen molar-refractivity contribution in [2.45, 2.75) is 13.3 Å². The maximum absolute atomic E-state index is 10.2. The molecule has 0 aromatic carbocycles. The Morgan fingerprint density at radius 3 is 3.15 bits per heavy atom. The first-order valence-corrected chi connectivity index (χ1v) is 4.46. The average molecular weight is 181 g/mol. The van der Waals surface area contributed by atoms with E-state index in [0.29, 0.717) is 5.92 Å². The van der Waals surface area contributed by atoms with Gasteiger partial charge in [-0.3, -0.25) is 4.79 Å². The molecule has 0 aromatic rings. The molecule has 0 saturated heterocycles. The van der Waals surface area contributed by atoms with Gasteiger partial charge in [-0.25, -0.2) is 0 Å². The van der Waals surface area contributed by atoms with Crippen molar-refractivity contribution in [2.24, 2.45) is 5.92 Å². The molecular weight excluding hydrogens is 166 g/mol. The zero-order valence-corrected chi connectivity index (χ0v) is 7.79. The van der Waals surface area contributed by atoms with Crippen LogP contribution in [0.1, 0.15) is 13.3 Å². The molecule has 72 valence electrons. The molecule has 0 bridgehead atoms. The van der Waals surface area contributed by atoms with Crippen molar-refractivity contribution < 1.29 is 9.90 Å². The first kappa shape index (κ1) is 9.99. The van der Waals surface area contributed by atoms with Crippen molar-refractivity contribution in [3.05, 3.63) is 23.8 Å². The molecule has 0 aromatic heterocycles. The third-order valence-corrected chi connectivity index (χ3v) is 2.23. The smallest absolute Gasteiger partial charge is 0.317 e. The minimum Gasteiger partial charge on any atom is -0.480 e. The summed E-state index contributed by atoms with van der Waals surface area (Å²) in [5.41, 5.74) is 1.32. The lowest BCUT2D eigenvalue weighted by atomic mass is 9.93. The van der Waals surface area contributed by atoms with E-state index in [1.165, 1.54) is 5.57 Å². The molecule has 0 spiro atoms. The Morgan fingerprint density at radius 2 is 2.54 bits per heavy atom. The van der Waals surface area contributed by atoms with Crippen LogP contribution in [0.5, 0.6) is 0 Å². The van der Waals surface area contributed by atoms with Gasteiger partial charge in [-0.2, -0.15) is 0 Å². The Hall–Kier alpha value is -1.09. The first-order valence-electron chi connectivity index (χ1n) is 4.46. The number of allylic oxidation sites excluding steroid dienone is 3. The first-order chi connectivity index (χ1) is 6.20. The van der Waals surface area contributed by atoms with E-state index in [1.54, 1.807) is 0 Å². The number of carboxylic acid groups (broad SMARTS) is 1. The van der Waals surface area contributed by atoms with E-state index < -0.39 is 5.97 Å². The SMILES string of the molecule is CC1=CC=CCC1CNCC(=O)O. The van der Waals surface area contributed by atoms with Crippen LogP contribution in [0.2, 0.25) is 0 Å². The number of aliphatic carboxylic acids is 1. The molecule has 0 heterocycles. The fourth-order valence-corrected chi connectivity index (χ4v) is 1.38. The van der Waals surface area contributed by atoms with Crippen LogP contribution in [0, 0.1) is 5.92 Å². The largest absolute Gasteiger partial charge is 0.480 e. The molecule has 13 heavy (non-hydrogen) atoms. The molecule has 0 saturated carbocycles. The summed E-state index contributed by atoms with van der Waals surface area (Å²) in [5, 5.41) is 11.3. The Labute approximate surface area is 78.1 Å². The predicted molar refractivity (Wildman–Crippen MR) is 51.5 cm³/mol. The number of hydrogen-bond donors (Lipinski definition) is 2. The fourth-order valence-electron chi connectivity index (χ4n) is 1.38. The molecule has 1 aliphatic carbocycles. The summed E-state index contributed by atoms with van der Waals surface area (Å²) in [6.45, 7) is 2.88. The van der Waals surface area contributed by atoms with E-state index in [2.05, 4.69) is 24.4 Å². The van der Waals surface area contributed by atoms with Crippen molar-refractivity contribution in [2.75, 3.05) is 13.1 Å². The van der Waals surface area contributed by atoms with Crippen molar-refractivity contribution in [3.8, 4) is 0 Å². The summed E-state index contributed by atoms with van der Waals surface area (Å²) in [5.74, 6) is -0.336. The number of nitrogens with one attached hydrogen (secondary N) is 1. The van der Waals surface area contributed by atoms with Gasteiger partial charge in [0.2, 0.25) is 0 Å². The number of hydrogen-bond acceptors (Lipinski definition) is 2. The van der Waals surface area contributed by atoms with Gasteiger partial charge < -0.3 is 10.4 Å². The van der Waals surface area contributed by atoms with Gasteiger partial charge in [0.15, 0.2) is 0 Å². The van der Waals surface area contributed by atoms with Crippen molar-refractivity contribution >= 4 is 5.97 Å². The van der Waals surface area contributed by atoms with E-state index >= 15 is 0 Å². The molecule has 2 N–H and O–H groups in total. The van der Waals surface area contributed by atoms with E-state index in [9.17, 15) is 4.79 Å². The van der Waals surface area contributed by atoms with Gasteiger partial charge >= 0.3 is 5.97 Å². The molecule has 3 nitrogen and oxygen atoms in total. The summed E-state index contributed by atoms with van der Waals surface area (Å²) in [4.78, 5) is 10.2. The molecule has 1 unspecified atom stereocenters. The van der Waals surface area contributed by atoms with Crippen LogP contribution in [-0.2, 0) is 4.79 Å². The monoisotopic (exact) mass is 181 g/mol. The molecule has 1 aliphatic rings. The molecular formula is C10H15NO2. The van der Waals surface area contributed by atoms with Gasteiger partial charge in [0.05, 0.1) is 6.54 Å². The van der Waals surface area contributed by atoms with Crippen molar-refractivity contribution in [1.82, 2.24) is 5.32 Å². The third kappa shape index (κ3) is 3.42. The molecule has 0 aliphatic heterocycles. The van der Waals surface area contributed by atoms with Crippen LogP contribution in [0.3, 0.4) is 0 Å². The highest BCUT2D eigenvalue weighted by Crippen LogP contribution is 2.18. The Bertz CT molecular complexity index is 243. The maximum atomic E-state index is 10.2. The molecule has 0 fully saturated rings. The third-order valence-electron chi connectivity index (χ3n) is 2.23. The molecule has 0 amide bonds. The number of rotatable bonds is 4. The number of carbonyl (C=O) groups is 1. The van der Waals surface area contributed by atoms with Crippen LogP contribution in [0.25, 0.3) is 0 Å². The zero-order chi connectivity index (χ0) is 9.68. The fraction of sp³-hybridized carbons (Fsp3) is 0.500. The lowest BCUT2D eigenvalue weighted by Gasteiger charge is -2.18. The molecule has 1 rings (SSSR count). The minimum absolute atomic E-state index is 0.0491. The van der Waals surface area contributed by atoms with Gasteiger partial charge in [0.1, 0.15) is 0 Å². The van der Waals surface area contributed by atoms with Gasteiger partial charge in [-0.15, -0.1) is 0 Å². The second-order valence-corrected chi connectivity index (χ2v) is 3.30. The van der Waals surface area contributed by atoms with Crippen molar-refractivity contribution in [1.29, 1.82) is 0 Å². The van der Waals surface area contributed by atoms with Crippen molar-refractivity contribution in [3.63, 3.8) is 0 Å². The maximum Gasteiger partial charge on any atom is 0.317 e. The lowest BCUT2D eigenvalue weighted by molar-refractivity contribution is -0.135. The standard InChI is InChI=1S/C10H15NO2/c1-8-4-2-3-5-9(8)6-11-7-10(12)13/h2-4,9,11H,5-7H2,1H3,(H,12,13). The highest BCUT2D eigenvalue weighted by molar-refractivity contribution is 5.68. The topological polar surface area (TPSA) is 49.3 Å². The van der Waals surface area contributed by atoms with Gasteiger partial charge in [0, 0.05) is 6.54 Å². The van der Waals surface area contributed by atoms with Crippen LogP contribution < -0.4 is 5.32 Å². The summed E-state index contributed by atoms with van der Waals surface area (Å²) in [6, 6.07) is 0. The molecule has 0 radical (unpaired) electrons. The van der Waals surface area contributed by atoms with Crippen LogP contribution in [0.15, 0.2) is 23.8 Å². The van der Waals surface area contributed by atoms with Crippen LogP contribution >= 0.6 is 0 Å². The Kier molecular flexibility index (Phi) is 3.71. The van der Waals surface area contributed by atoms with E-state index in [1.807, 2.05) is 6.08 Å². The Balaban J connectivity index is 2.26. The Morgan fingerprint density at radius 1 is 1.77 bits per heavy atom. The summed E-state index contributed by atoms with van der Waals surface area (Å²) >= 11 is 0. The van der Waals surface area contributed by atoms with E-state index in [4.69, 9.17) is 5.11 Å². The highest BCUT2D eigenvalue weighted by Gasteiger charge is 2.11. The second-order valence-electron chi connectivity index (χ2n) is 3.30. The number of carboxylic acids is 1. The summed E-state index contributed by atoms with van der Waals surface area (Å²) < 4.78 is 0. The summed E-state index contributed by atoms with van der Waals surface area (Å²) in [6.07, 6.45) is 7.24. The molecule has 3 heteroatoms. The highest BCUT2D eigenvalue weighted by atomic mass is 16.4. The van der Waals surface area contributed by atoms with Gasteiger partial charge in [-0.05, 0) is 19.3 Å². The average Bonchev–Trinajstić information content (AvgIpc) is 2.08. The second kappa shape index (κ2) is 4.82. The zero-order valence-electron chi connectivity index (χ0n) is 7.79. The quantitative estimate of drug-likeness (QED) is 0.684. The van der Waals surface area contributed by atoms with Gasteiger partial charge in [-0.1, -0.05) is 23.8 Å². The van der Waals surface area contributed by atoms with Gasteiger partial charge in [0.25, 0.3) is 0 Å². The van der Waals surface area contributed by atoms with E-state index in [0.717, 1.165) is 13.0 Å². The predicted octanol–water partition coefficient (Wildman–Crippen LogP) is 1.18. The normalized spacial score (nSPS) is 21.3. The lowest BCUT2D eigenvalue weighted by Crippen LogP contribution is -2.28. The molecule has 1 atom stereocenters. The van der Waals surface area contributed by atoms with Crippen LogP contribution in [-0.4, -0.2) is 24.2 Å². The van der Waals surface area contributed by atoms with Crippen LogP contribution in [0.4, 0.5) is 0 Å². The minimum atomic E-state index is -0.798. The van der Waals surface area contributed by atoms with E-state index in [-0.39, 0.29) is 6.54 Å².